The Balaban J connectivity index is 2.62. The van der Waals surface area contributed by atoms with Gasteiger partial charge in [0.15, 0.2) is 0 Å². The molecule has 152 valence electrons. The maximum absolute atomic E-state index is 12.7. The lowest BCUT2D eigenvalue weighted by Gasteiger charge is -2.18. The predicted molar refractivity (Wildman–Crippen MR) is 87.9 cm³/mol. The van der Waals surface area contributed by atoms with Crippen molar-refractivity contribution in [1.82, 2.24) is 20.9 Å². The zero-order valence-electron chi connectivity index (χ0n) is 14.2. The van der Waals surface area contributed by atoms with Crippen LogP contribution in [0.25, 0.3) is 0 Å². The number of carbonyl (C=O) groups is 5. The highest BCUT2D eigenvalue weighted by atomic mass is 18.2. The molecule has 0 fully saturated rings. The number of nitrogens with zero attached hydrogens (tertiary/aromatic N) is 1. The molecule has 2 atom stereocenters. The van der Waals surface area contributed by atoms with E-state index in [-0.39, 0.29) is 5.56 Å². The molecule has 0 aliphatic heterocycles. The van der Waals surface area contributed by atoms with Gasteiger partial charge in [-0.1, -0.05) is 0 Å². The number of hydrogen-bond acceptors (Lipinski definition) is 6. The van der Waals surface area contributed by atoms with Crippen LogP contribution in [0.1, 0.15) is 23.2 Å². The van der Waals surface area contributed by atoms with Crippen LogP contribution in [0.5, 0.6) is 0 Å². The van der Waals surface area contributed by atoms with Gasteiger partial charge in [0.2, 0.25) is 5.95 Å². The average molecular weight is 399 g/mol. The Hall–Kier alpha value is -3.77. The molecule has 13 heteroatoms. The second-order valence-corrected chi connectivity index (χ2v) is 5.41. The van der Waals surface area contributed by atoms with E-state index in [0.29, 0.717) is 0 Å². The molecule has 0 aromatic carbocycles. The van der Waals surface area contributed by atoms with Crippen LogP contribution in [-0.4, -0.2) is 68.8 Å². The van der Waals surface area contributed by atoms with Crippen LogP contribution >= 0.6 is 0 Å². The number of amides is 3. The van der Waals surface area contributed by atoms with Crippen molar-refractivity contribution in [3.63, 3.8) is 0 Å². The van der Waals surface area contributed by atoms with E-state index in [1.165, 1.54) is 0 Å². The quantitative estimate of drug-likeness (QED) is 0.268. The predicted octanol–water partition coefficient (Wildman–Crippen LogP) is -0.979. The summed E-state index contributed by atoms with van der Waals surface area (Å²) in [5.41, 5.74) is -0.0467. The highest BCUT2D eigenvalue weighted by molar-refractivity contribution is 5.94. The summed E-state index contributed by atoms with van der Waals surface area (Å²) in [6, 6.07) is -2.30. The summed E-state index contributed by atoms with van der Waals surface area (Å²) in [7, 11) is 0. The Labute approximate surface area is 156 Å². The Morgan fingerprint density at radius 3 is 2.11 bits per heavy atom. The zero-order chi connectivity index (χ0) is 21.3. The minimum atomic E-state index is -1.62. The smallest absolute Gasteiger partial charge is 0.328 e. The van der Waals surface area contributed by atoms with Crippen molar-refractivity contribution >= 4 is 29.8 Å². The number of aromatic nitrogens is 1. The van der Waals surface area contributed by atoms with E-state index in [4.69, 9.17) is 15.3 Å². The summed E-state index contributed by atoms with van der Waals surface area (Å²) in [6.07, 6.45) is -0.00796. The first-order valence-electron chi connectivity index (χ1n) is 7.74. The Bertz CT molecular complexity index is 755. The summed E-state index contributed by atoms with van der Waals surface area (Å²) in [4.78, 5) is 59.7. The summed E-state index contributed by atoms with van der Waals surface area (Å²) in [6.45, 7) is -0.564. The largest absolute Gasteiger partial charge is 0.481 e. The molecule has 3 amide bonds. The van der Waals surface area contributed by atoms with E-state index in [2.05, 4.69) is 10.3 Å². The number of aliphatic carboxylic acids is 3. The lowest BCUT2D eigenvalue weighted by molar-refractivity contribution is -0.140. The van der Waals surface area contributed by atoms with Gasteiger partial charge in [-0.25, -0.2) is 19.4 Å². The standard InChI is InChI=1S/C15H17FN4O8/c16-10-3-1-7(5-17-10)12(23)18-6-9(14(26)27)20-15(28)19-8(13(24)25)2-4-11(21)22/h1,3,5,8-9H,2,4,6H2,(H,18,23)(H,21,22)(H,24,25)(H,26,27)(H2,19,20,28)/t8-,9-/m0/s1/i16-1. The van der Waals surface area contributed by atoms with Crippen molar-refractivity contribution in [2.45, 2.75) is 24.9 Å². The topological polar surface area (TPSA) is 195 Å². The molecular weight excluding hydrogens is 382 g/mol. The van der Waals surface area contributed by atoms with Gasteiger partial charge in [0.1, 0.15) is 12.1 Å². The number of carboxylic acid groups (broad SMARTS) is 3. The molecule has 6 N–H and O–H groups in total. The van der Waals surface area contributed by atoms with Gasteiger partial charge >= 0.3 is 23.9 Å². The van der Waals surface area contributed by atoms with Gasteiger partial charge in [0, 0.05) is 19.2 Å². The normalized spacial score (nSPS) is 12.3. The fourth-order valence-electron chi connectivity index (χ4n) is 1.89. The summed E-state index contributed by atoms with van der Waals surface area (Å²) in [5, 5.41) is 32.7. The van der Waals surface area contributed by atoms with E-state index < -0.39 is 67.3 Å². The van der Waals surface area contributed by atoms with Crippen LogP contribution in [0.4, 0.5) is 9.18 Å². The lowest BCUT2D eigenvalue weighted by atomic mass is 10.1. The van der Waals surface area contributed by atoms with E-state index in [1.807, 2.05) is 10.6 Å². The highest BCUT2D eigenvalue weighted by Gasteiger charge is 2.25. The van der Waals surface area contributed by atoms with Gasteiger partial charge < -0.3 is 31.3 Å². The number of pyridine rings is 1. The third kappa shape index (κ3) is 7.63. The minimum absolute atomic E-state index is 0.0467. The molecule has 0 saturated heterocycles. The van der Waals surface area contributed by atoms with Crippen LogP contribution < -0.4 is 16.0 Å². The van der Waals surface area contributed by atoms with E-state index >= 15 is 0 Å². The molecule has 0 unspecified atom stereocenters. The fourth-order valence-corrected chi connectivity index (χ4v) is 1.89. The third-order valence-electron chi connectivity index (χ3n) is 3.31. The second kappa shape index (κ2) is 10.4. The first-order valence-corrected chi connectivity index (χ1v) is 7.74. The molecule has 0 spiro atoms. The molecule has 1 aromatic heterocycles. The number of carboxylic acids is 3. The number of carbonyl (C=O) groups excluding carboxylic acids is 2. The van der Waals surface area contributed by atoms with E-state index in [0.717, 1.165) is 18.3 Å². The van der Waals surface area contributed by atoms with Crippen molar-refractivity contribution in [2.24, 2.45) is 0 Å². The van der Waals surface area contributed by atoms with Crippen molar-refractivity contribution in [3.05, 3.63) is 29.8 Å². The van der Waals surface area contributed by atoms with Crippen LogP contribution in [0.3, 0.4) is 0 Å². The van der Waals surface area contributed by atoms with Crippen molar-refractivity contribution in [3.8, 4) is 0 Å². The lowest BCUT2D eigenvalue weighted by Crippen LogP contribution is -2.54. The fraction of sp³-hybridized carbons (Fsp3) is 0.333. The monoisotopic (exact) mass is 399 g/mol. The molecule has 1 heterocycles. The maximum Gasteiger partial charge on any atom is 0.328 e. The number of halogens is 1. The van der Waals surface area contributed by atoms with Gasteiger partial charge in [-0.05, 0) is 18.6 Å². The molecule has 0 saturated carbocycles. The van der Waals surface area contributed by atoms with Gasteiger partial charge in [0.25, 0.3) is 5.91 Å². The molecule has 28 heavy (non-hydrogen) atoms. The van der Waals surface area contributed by atoms with Crippen molar-refractivity contribution in [2.75, 3.05) is 6.54 Å². The first-order chi connectivity index (χ1) is 13.1. The first kappa shape index (κ1) is 22.3. The molecular formula is C15H17FN4O8. The molecule has 1 rings (SSSR count). The number of hydrogen-bond donors (Lipinski definition) is 6. The maximum atomic E-state index is 12.7. The Morgan fingerprint density at radius 2 is 1.61 bits per heavy atom. The molecule has 1 aromatic rings. The van der Waals surface area contributed by atoms with Crippen LogP contribution in [0.15, 0.2) is 18.3 Å². The number of nitrogens with one attached hydrogen (secondary N) is 3. The van der Waals surface area contributed by atoms with Gasteiger partial charge in [0.05, 0.1) is 5.56 Å². The average Bonchev–Trinajstić information content (AvgIpc) is 2.61. The molecule has 0 bridgehead atoms. The van der Waals surface area contributed by atoms with Crippen molar-refractivity contribution < 1.29 is 43.7 Å². The molecule has 0 radical (unpaired) electrons. The minimum Gasteiger partial charge on any atom is -0.481 e. The third-order valence-corrected chi connectivity index (χ3v) is 3.31. The molecule has 12 nitrogen and oxygen atoms in total. The van der Waals surface area contributed by atoms with Gasteiger partial charge in [-0.2, -0.15) is 4.39 Å². The molecule has 0 aliphatic carbocycles. The summed E-state index contributed by atoms with van der Waals surface area (Å²) in [5.74, 6) is -5.87. The Kier molecular flexibility index (Phi) is 8.27. The Morgan fingerprint density at radius 1 is 1.00 bits per heavy atom. The zero-order valence-corrected chi connectivity index (χ0v) is 14.2. The van der Waals surface area contributed by atoms with Gasteiger partial charge in [-0.15, -0.1) is 0 Å². The van der Waals surface area contributed by atoms with E-state index in [9.17, 15) is 28.4 Å². The summed E-state index contributed by atoms with van der Waals surface area (Å²) >= 11 is 0. The van der Waals surface area contributed by atoms with Crippen molar-refractivity contribution in [1.29, 1.82) is 0 Å². The van der Waals surface area contributed by atoms with Crippen LogP contribution in [0, 0.1) is 5.95 Å². The van der Waals surface area contributed by atoms with Gasteiger partial charge in [-0.3, -0.25) is 9.59 Å². The SMILES string of the molecule is O=C(O)CC[C@H](NC(=O)N[C@@H](CNC(=O)c1ccc([18F])nc1)C(=O)O)C(=O)O. The van der Waals surface area contributed by atoms with Crippen LogP contribution in [-0.2, 0) is 14.4 Å². The van der Waals surface area contributed by atoms with Crippen LogP contribution in [0.2, 0.25) is 0 Å². The number of rotatable bonds is 10. The highest BCUT2D eigenvalue weighted by Crippen LogP contribution is 2.00. The second-order valence-electron chi connectivity index (χ2n) is 5.41. The molecule has 0 aliphatic rings. The summed E-state index contributed by atoms with van der Waals surface area (Å²) < 4.78 is 12.7. The van der Waals surface area contributed by atoms with E-state index in [1.54, 1.807) is 0 Å². The number of urea groups is 1.